The van der Waals surface area contributed by atoms with E-state index in [9.17, 15) is 9.59 Å². The molecule has 0 aromatic carbocycles. The number of nitrogens with zero attached hydrogens (tertiary/aromatic N) is 4. The van der Waals surface area contributed by atoms with Crippen LogP contribution in [0.5, 0.6) is 0 Å². The van der Waals surface area contributed by atoms with Gasteiger partial charge < -0.3 is 24.9 Å². The van der Waals surface area contributed by atoms with Gasteiger partial charge in [0.15, 0.2) is 0 Å². The quantitative estimate of drug-likeness (QED) is 0.282. The summed E-state index contributed by atoms with van der Waals surface area (Å²) in [7, 11) is 1.71. The number of aromatic nitrogens is 2. The van der Waals surface area contributed by atoms with E-state index in [4.69, 9.17) is 21.3 Å². The summed E-state index contributed by atoms with van der Waals surface area (Å²) >= 11 is 0. The van der Waals surface area contributed by atoms with E-state index >= 15 is 0 Å². The maximum Gasteiger partial charge on any atom is 0.306 e. The minimum Gasteiger partial charge on any atom is -0.466 e. The van der Waals surface area contributed by atoms with Gasteiger partial charge in [0.05, 0.1) is 48.0 Å². The highest BCUT2D eigenvalue weighted by atomic mass is 16.5. The molecule has 0 radical (unpaired) electrons. The lowest BCUT2D eigenvalue weighted by atomic mass is 10.1. The average molecular weight is 513 g/mol. The van der Waals surface area contributed by atoms with E-state index in [2.05, 4.69) is 11.8 Å². The van der Waals surface area contributed by atoms with Gasteiger partial charge in [-0.25, -0.2) is 10.8 Å². The zero-order valence-electron chi connectivity index (χ0n) is 23.3. The highest BCUT2D eigenvalue weighted by Crippen LogP contribution is 2.29. The van der Waals surface area contributed by atoms with Crippen LogP contribution < -0.4 is 22.0 Å². The molecule has 9 nitrogen and oxygen atoms in total. The maximum atomic E-state index is 12.5. The zero-order chi connectivity index (χ0) is 27.5. The van der Waals surface area contributed by atoms with Gasteiger partial charge in [-0.1, -0.05) is 33.3 Å². The lowest BCUT2D eigenvalue weighted by molar-refractivity contribution is -0.144. The molecule has 2 aromatic heterocycles. The molecule has 1 aliphatic heterocycles. The summed E-state index contributed by atoms with van der Waals surface area (Å²) in [6, 6.07) is 7.34. The van der Waals surface area contributed by atoms with Crippen molar-refractivity contribution in [1.29, 1.82) is 0 Å². The summed E-state index contributed by atoms with van der Waals surface area (Å²) < 4.78 is 6.73. The number of allylic oxidation sites excluding steroid dienone is 1. The molecule has 2 aromatic rings. The van der Waals surface area contributed by atoms with Crippen molar-refractivity contribution in [3.63, 3.8) is 0 Å². The molecule has 0 saturated carbocycles. The molecule has 1 fully saturated rings. The predicted molar refractivity (Wildman–Crippen MR) is 150 cm³/mol. The maximum absolute atomic E-state index is 12.5. The first kappa shape index (κ1) is 29.9. The van der Waals surface area contributed by atoms with E-state index in [1.807, 2.05) is 52.1 Å². The van der Waals surface area contributed by atoms with Crippen molar-refractivity contribution in [2.24, 2.45) is 17.5 Å². The number of hydrogen-bond donors (Lipinski definition) is 2. The monoisotopic (exact) mass is 512 g/mol. The Morgan fingerprint density at radius 1 is 1.22 bits per heavy atom. The first-order chi connectivity index (χ1) is 17.7. The lowest BCUT2D eigenvalue weighted by Crippen LogP contribution is -2.33. The van der Waals surface area contributed by atoms with Gasteiger partial charge in [-0.15, -0.1) is 0 Å². The Morgan fingerprint density at radius 3 is 2.57 bits per heavy atom. The van der Waals surface area contributed by atoms with Crippen molar-refractivity contribution in [3.05, 3.63) is 63.5 Å². The summed E-state index contributed by atoms with van der Waals surface area (Å²) in [6.45, 7) is 12.2. The molecule has 0 amide bonds. The Kier molecular flexibility index (Phi) is 11.7. The second kappa shape index (κ2) is 14.4. The van der Waals surface area contributed by atoms with Gasteiger partial charge in [0.1, 0.15) is 0 Å². The van der Waals surface area contributed by atoms with E-state index < -0.39 is 0 Å². The number of rotatable bonds is 10. The summed E-state index contributed by atoms with van der Waals surface area (Å²) in [5, 5.41) is 1.44. The number of aryl methyl sites for hydroxylation is 2. The van der Waals surface area contributed by atoms with E-state index in [1.54, 1.807) is 17.7 Å². The number of hydrogen-bond acceptors (Lipinski definition) is 8. The Hall–Kier alpha value is -3.33. The van der Waals surface area contributed by atoms with Crippen LogP contribution in [0.3, 0.4) is 0 Å². The molecule has 0 bridgehead atoms. The molecule has 9 heteroatoms. The average Bonchev–Trinajstić information content (AvgIpc) is 3.33. The molecule has 1 aliphatic rings. The van der Waals surface area contributed by atoms with Gasteiger partial charge in [0.2, 0.25) is 0 Å². The second-order valence-corrected chi connectivity index (χ2v) is 9.14. The molecule has 3 heterocycles. The number of carbonyl (C=O) groups is 1. The molecule has 3 rings (SSSR count). The fourth-order valence-electron chi connectivity index (χ4n) is 4.55. The van der Waals surface area contributed by atoms with Crippen molar-refractivity contribution < 1.29 is 9.53 Å². The zero-order valence-corrected chi connectivity index (χ0v) is 23.3. The van der Waals surface area contributed by atoms with Crippen molar-refractivity contribution in [2.45, 2.75) is 66.8 Å². The second-order valence-electron chi connectivity index (χ2n) is 9.14. The van der Waals surface area contributed by atoms with Crippen LogP contribution in [0, 0.1) is 12.8 Å². The molecule has 1 saturated heterocycles. The highest BCUT2D eigenvalue weighted by molar-refractivity contribution is 5.70. The summed E-state index contributed by atoms with van der Waals surface area (Å²) in [5.74, 6) is 6.26. The lowest BCUT2D eigenvalue weighted by Gasteiger charge is -2.23. The number of likely N-dealkylation sites (N-methyl/N-ethyl adjacent to an activating group) is 1. The molecule has 1 atom stereocenters. The Balaban J connectivity index is 0.00000235. The number of hydrazine groups is 1. The summed E-state index contributed by atoms with van der Waals surface area (Å²) in [4.78, 5) is 31.3. The first-order valence-corrected chi connectivity index (χ1v) is 13.3. The van der Waals surface area contributed by atoms with Crippen LogP contribution in [0.15, 0.2) is 41.0 Å². The van der Waals surface area contributed by atoms with Crippen molar-refractivity contribution in [1.82, 2.24) is 14.6 Å². The van der Waals surface area contributed by atoms with Crippen LogP contribution in [0.2, 0.25) is 0 Å². The molecule has 0 spiro atoms. The SMILES string of the molecule is CC.CCCc1ccc(=O)n(C/C(=C(/N)c2ccc(N3CCC(CC(=O)OCC)C3)c(C)n2)N(C)N)c1. The van der Waals surface area contributed by atoms with E-state index in [0.29, 0.717) is 30.1 Å². The van der Waals surface area contributed by atoms with E-state index in [-0.39, 0.29) is 24.0 Å². The highest BCUT2D eigenvalue weighted by Gasteiger charge is 2.26. The van der Waals surface area contributed by atoms with Crippen LogP contribution >= 0.6 is 0 Å². The number of anilines is 1. The van der Waals surface area contributed by atoms with Crippen molar-refractivity contribution in [2.75, 3.05) is 31.6 Å². The van der Waals surface area contributed by atoms with Crippen LogP contribution in [-0.2, 0) is 22.5 Å². The van der Waals surface area contributed by atoms with Crippen LogP contribution in [0.1, 0.15) is 63.9 Å². The van der Waals surface area contributed by atoms with Crippen molar-refractivity contribution >= 4 is 17.4 Å². The van der Waals surface area contributed by atoms with Gasteiger partial charge in [-0.2, -0.15) is 0 Å². The normalized spacial score (nSPS) is 15.5. The molecule has 1 unspecified atom stereocenters. The van der Waals surface area contributed by atoms with Gasteiger partial charge in [-0.3, -0.25) is 9.59 Å². The number of carbonyl (C=O) groups excluding carboxylic acids is 1. The van der Waals surface area contributed by atoms with Crippen LogP contribution in [0.25, 0.3) is 5.70 Å². The van der Waals surface area contributed by atoms with Gasteiger partial charge >= 0.3 is 5.97 Å². The third kappa shape index (κ3) is 8.08. The number of nitrogens with two attached hydrogens (primary N) is 2. The molecule has 37 heavy (non-hydrogen) atoms. The minimum absolute atomic E-state index is 0.108. The smallest absolute Gasteiger partial charge is 0.306 e. The van der Waals surface area contributed by atoms with Crippen LogP contribution in [0.4, 0.5) is 5.69 Å². The molecular weight excluding hydrogens is 468 g/mol. The van der Waals surface area contributed by atoms with E-state index in [0.717, 1.165) is 49.3 Å². The third-order valence-corrected chi connectivity index (χ3v) is 6.36. The summed E-state index contributed by atoms with van der Waals surface area (Å²) in [6.07, 6.45) is 5.14. The number of pyridine rings is 2. The van der Waals surface area contributed by atoms with Gasteiger partial charge in [-0.05, 0) is 50.3 Å². The Morgan fingerprint density at radius 2 is 1.95 bits per heavy atom. The fourth-order valence-corrected chi connectivity index (χ4v) is 4.55. The third-order valence-electron chi connectivity index (χ3n) is 6.36. The topological polar surface area (TPSA) is 120 Å². The predicted octanol–water partition coefficient (Wildman–Crippen LogP) is 3.44. The van der Waals surface area contributed by atoms with Gasteiger partial charge in [0, 0.05) is 32.4 Å². The summed E-state index contributed by atoms with van der Waals surface area (Å²) in [5.41, 5.74) is 11.0. The minimum atomic E-state index is -0.139. The Bertz CT molecular complexity index is 1130. The fraction of sp³-hybridized carbons (Fsp3) is 0.536. The Labute approximate surface area is 221 Å². The molecule has 204 valence electrons. The van der Waals surface area contributed by atoms with E-state index in [1.165, 1.54) is 5.01 Å². The molecule has 0 aliphatic carbocycles. The van der Waals surface area contributed by atoms with Gasteiger partial charge in [0.25, 0.3) is 5.56 Å². The number of esters is 1. The first-order valence-electron chi connectivity index (χ1n) is 13.3. The van der Waals surface area contributed by atoms with Crippen LogP contribution in [-0.4, -0.2) is 47.3 Å². The molecular formula is C28H44N6O3. The van der Waals surface area contributed by atoms with Crippen molar-refractivity contribution in [3.8, 4) is 0 Å². The molecule has 4 N–H and O–H groups in total. The number of ether oxygens (including phenoxy) is 1. The standard InChI is InChI=1S/C26H38N6O3.C2H6/c1-5-7-19-8-11-24(33)32(15-19)17-23(30(4)28)26(27)21-9-10-22(18(3)29-21)31-13-12-20(16-31)14-25(34)35-6-2;1-2/h8-11,15,20H,5-7,12-14,16-17,27-28H2,1-4H3;1-2H3/b26-23-;. The largest absolute Gasteiger partial charge is 0.466 e.